The third kappa shape index (κ3) is 3.10. The van der Waals surface area contributed by atoms with E-state index in [1.165, 1.54) is 30.1 Å². The van der Waals surface area contributed by atoms with Crippen molar-refractivity contribution in [3.63, 3.8) is 0 Å². The lowest BCUT2D eigenvalue weighted by Gasteiger charge is -2.58. The van der Waals surface area contributed by atoms with Crippen LogP contribution in [0.5, 0.6) is 0 Å². The van der Waals surface area contributed by atoms with E-state index in [0.29, 0.717) is 35.5 Å². The Balaban J connectivity index is 1.25. The number of aliphatic hydroxyl groups is 1. The Morgan fingerprint density at radius 1 is 1.21 bits per heavy atom. The molecule has 0 saturated heterocycles. The lowest BCUT2D eigenvalue weighted by molar-refractivity contribution is -0.137. The molecule has 5 aliphatic rings. The molecule has 5 fully saturated rings. The molecule has 1 aromatic heterocycles. The molecule has 1 heterocycles. The molecule has 6 heteroatoms. The minimum absolute atomic E-state index is 0.0195. The molecule has 1 N–H and O–H groups in total. The predicted molar refractivity (Wildman–Crippen MR) is 120 cm³/mol. The maximum atomic E-state index is 13.8. The highest BCUT2D eigenvalue weighted by molar-refractivity contribution is 5.83. The number of fused-ring (bicyclic) bond motifs is 7. The number of carbonyl (C=O) groups is 1. The van der Waals surface area contributed by atoms with Crippen LogP contribution >= 0.6 is 0 Å². The van der Waals surface area contributed by atoms with Crippen molar-refractivity contribution in [1.82, 2.24) is 9.78 Å². The monoisotopic (exact) mass is 453 g/mol. The van der Waals surface area contributed by atoms with Crippen LogP contribution in [0, 0.1) is 76.0 Å². The summed E-state index contributed by atoms with van der Waals surface area (Å²) in [7, 11) is 0. The summed E-state index contributed by atoms with van der Waals surface area (Å²) in [6, 6.07) is 1.81. The van der Waals surface area contributed by atoms with Crippen molar-refractivity contribution >= 4 is 5.78 Å². The lowest BCUT2D eigenvalue weighted by Crippen LogP contribution is -2.52. The Kier molecular flexibility index (Phi) is 4.71. The van der Waals surface area contributed by atoms with E-state index in [0.717, 1.165) is 37.5 Å². The molecule has 178 valence electrons. The number of rotatable bonds is 3. The Labute approximate surface area is 195 Å². The summed E-state index contributed by atoms with van der Waals surface area (Å²) in [4.78, 5) is 13.6. The Morgan fingerprint density at radius 2 is 1.97 bits per heavy atom. The minimum atomic E-state index is -0.790. The van der Waals surface area contributed by atoms with Gasteiger partial charge in [0.05, 0.1) is 12.1 Å². The van der Waals surface area contributed by atoms with Crippen LogP contribution in [0.3, 0.4) is 0 Å². The zero-order valence-corrected chi connectivity index (χ0v) is 20.0. The maximum absolute atomic E-state index is 13.8. The van der Waals surface area contributed by atoms with Crippen molar-refractivity contribution in [3.8, 4) is 6.07 Å². The molecule has 5 saturated carbocycles. The first-order valence-corrected chi connectivity index (χ1v) is 13.0. The third-order valence-electron chi connectivity index (χ3n) is 11.1. The number of nitrogens with zero attached hydrogens (tertiary/aromatic N) is 3. The van der Waals surface area contributed by atoms with Gasteiger partial charge in [0.25, 0.3) is 0 Å². The van der Waals surface area contributed by atoms with Gasteiger partial charge in [0.1, 0.15) is 11.6 Å². The molecule has 1 unspecified atom stereocenters. The SMILES string of the molecule is C[C@H]1[C@H]2C3[C@@H]4CC[C@@H]5C[C@](C)(O)CC[C@@H]5[C@H]4CC[C@]3(C)[C@@H](C(=O)Cn3cc(C#N)c(F)n3)[C@@H]12. The van der Waals surface area contributed by atoms with Crippen LogP contribution in [-0.2, 0) is 11.3 Å². The predicted octanol–water partition coefficient (Wildman–Crippen LogP) is 4.58. The second-order valence-corrected chi connectivity index (χ2v) is 12.7. The summed E-state index contributed by atoms with van der Waals surface area (Å²) >= 11 is 0. The number of nitriles is 1. The number of carbonyl (C=O) groups excluding carboxylic acids is 1. The molecule has 0 amide bonds. The van der Waals surface area contributed by atoms with Crippen LogP contribution in [0.15, 0.2) is 6.20 Å². The topological polar surface area (TPSA) is 78.9 Å². The van der Waals surface area contributed by atoms with Gasteiger partial charge in [0.2, 0.25) is 5.95 Å². The summed E-state index contributed by atoms with van der Waals surface area (Å²) < 4.78 is 15.2. The van der Waals surface area contributed by atoms with Crippen LogP contribution < -0.4 is 0 Å². The minimum Gasteiger partial charge on any atom is -0.390 e. The number of aromatic nitrogens is 2. The van der Waals surface area contributed by atoms with Gasteiger partial charge in [-0.1, -0.05) is 13.8 Å². The Bertz CT molecular complexity index is 1030. The van der Waals surface area contributed by atoms with Gasteiger partial charge in [0.15, 0.2) is 5.78 Å². The molecule has 1 aromatic rings. The van der Waals surface area contributed by atoms with Gasteiger partial charge >= 0.3 is 0 Å². The molecule has 0 aliphatic heterocycles. The van der Waals surface area contributed by atoms with Crippen LogP contribution in [0.25, 0.3) is 0 Å². The van der Waals surface area contributed by atoms with Crippen LogP contribution in [-0.4, -0.2) is 26.3 Å². The van der Waals surface area contributed by atoms with E-state index in [1.54, 1.807) is 0 Å². The van der Waals surface area contributed by atoms with Gasteiger partial charge in [-0.3, -0.25) is 9.48 Å². The Hall–Kier alpha value is -1.74. The van der Waals surface area contributed by atoms with Crippen molar-refractivity contribution in [2.24, 2.45) is 58.7 Å². The molecule has 33 heavy (non-hydrogen) atoms. The standard InChI is InChI=1S/C27H36FN3O2/c1-14-21-22(14)24(20(32)13-31-12-16(11-29)25(28)30-31)27(3)9-7-18-17-6-8-26(2,33)10-15(17)4-5-19(18)23(21)27/h12,14-15,17-19,21-24,33H,4-10,13H2,1-3H3/t14-,15+,17-,18+,19+,21+,22-,23?,24-,26+,27-/m0/s1. The summed E-state index contributed by atoms with van der Waals surface area (Å²) in [6.45, 7) is 6.78. The largest absolute Gasteiger partial charge is 0.390 e. The summed E-state index contributed by atoms with van der Waals surface area (Å²) in [5, 5.41) is 23.5. The maximum Gasteiger partial charge on any atom is 0.250 e. The van der Waals surface area contributed by atoms with Gasteiger partial charge in [-0.2, -0.15) is 9.65 Å². The number of hydrogen-bond acceptors (Lipinski definition) is 4. The van der Waals surface area contributed by atoms with E-state index < -0.39 is 11.5 Å². The number of halogens is 1. The molecule has 6 rings (SSSR count). The van der Waals surface area contributed by atoms with E-state index in [2.05, 4.69) is 18.9 Å². The average Bonchev–Trinajstić information content (AvgIpc) is 3.10. The molecule has 11 atom stereocenters. The molecule has 0 bridgehead atoms. The van der Waals surface area contributed by atoms with E-state index >= 15 is 0 Å². The van der Waals surface area contributed by atoms with E-state index in [9.17, 15) is 14.3 Å². The number of hydrogen-bond donors (Lipinski definition) is 1. The summed E-state index contributed by atoms with van der Waals surface area (Å²) in [5.41, 5.74) is -0.563. The molecule has 5 aliphatic carbocycles. The van der Waals surface area contributed by atoms with E-state index in [1.807, 2.05) is 13.0 Å². The summed E-state index contributed by atoms with van der Waals surface area (Å²) in [5.74, 6) is 4.55. The highest BCUT2D eigenvalue weighted by atomic mass is 19.1. The zero-order chi connectivity index (χ0) is 23.3. The van der Waals surface area contributed by atoms with Gasteiger partial charge in [-0.25, -0.2) is 0 Å². The third-order valence-corrected chi connectivity index (χ3v) is 11.1. The van der Waals surface area contributed by atoms with Gasteiger partial charge < -0.3 is 5.11 Å². The smallest absolute Gasteiger partial charge is 0.250 e. The van der Waals surface area contributed by atoms with Gasteiger partial charge in [-0.05, 0) is 105 Å². The quantitative estimate of drug-likeness (QED) is 0.726. The first kappa shape index (κ1) is 21.8. The number of ketones is 1. The van der Waals surface area contributed by atoms with Crippen LogP contribution in [0.1, 0.15) is 71.3 Å². The second-order valence-electron chi connectivity index (χ2n) is 12.7. The fourth-order valence-electron chi connectivity index (χ4n) is 9.90. The van der Waals surface area contributed by atoms with E-state index in [-0.39, 0.29) is 29.2 Å². The Morgan fingerprint density at radius 3 is 2.70 bits per heavy atom. The van der Waals surface area contributed by atoms with Gasteiger partial charge in [-0.15, -0.1) is 5.10 Å². The lowest BCUT2D eigenvalue weighted by atomic mass is 9.47. The van der Waals surface area contributed by atoms with Crippen molar-refractivity contribution in [1.29, 1.82) is 5.26 Å². The second kappa shape index (κ2) is 7.13. The molecule has 0 aromatic carbocycles. The fourth-order valence-corrected chi connectivity index (χ4v) is 9.90. The molecule has 5 nitrogen and oxygen atoms in total. The normalized spacial score (nSPS) is 49.9. The van der Waals surface area contributed by atoms with Crippen molar-refractivity contribution in [3.05, 3.63) is 17.7 Å². The van der Waals surface area contributed by atoms with Crippen molar-refractivity contribution in [2.75, 3.05) is 0 Å². The van der Waals surface area contributed by atoms with E-state index in [4.69, 9.17) is 5.26 Å². The van der Waals surface area contributed by atoms with Crippen molar-refractivity contribution in [2.45, 2.75) is 77.9 Å². The summed E-state index contributed by atoms with van der Waals surface area (Å²) in [6.07, 6.45) is 9.17. The molecular weight excluding hydrogens is 417 g/mol. The molecule has 0 radical (unpaired) electrons. The highest BCUT2D eigenvalue weighted by Crippen LogP contribution is 2.76. The highest BCUT2D eigenvalue weighted by Gasteiger charge is 2.73. The average molecular weight is 454 g/mol. The van der Waals surface area contributed by atoms with Crippen LogP contribution in [0.2, 0.25) is 0 Å². The first-order valence-electron chi connectivity index (χ1n) is 13.0. The fraction of sp³-hybridized carbons (Fsp3) is 0.815. The molecular formula is C27H36FN3O2. The zero-order valence-electron chi connectivity index (χ0n) is 20.0. The van der Waals surface area contributed by atoms with Crippen LogP contribution in [0.4, 0.5) is 4.39 Å². The molecule has 0 spiro atoms. The van der Waals surface area contributed by atoms with Gasteiger partial charge in [0, 0.05) is 12.1 Å². The first-order chi connectivity index (χ1) is 15.6. The van der Waals surface area contributed by atoms with Crippen molar-refractivity contribution < 1.29 is 14.3 Å². The number of Topliss-reactive ketones (excluding diaryl/α,β-unsaturated/α-hetero) is 1.